The van der Waals surface area contributed by atoms with E-state index < -0.39 is 58.7 Å². The van der Waals surface area contributed by atoms with Crippen LogP contribution in [0.15, 0.2) is 17.3 Å². The summed E-state index contributed by atoms with van der Waals surface area (Å²) in [5, 5.41) is 12.8. The van der Waals surface area contributed by atoms with Crippen molar-refractivity contribution in [3.63, 3.8) is 0 Å². The number of hydrogen-bond donors (Lipinski definition) is 3. The number of aryl methyl sites for hydroxylation is 1. The summed E-state index contributed by atoms with van der Waals surface area (Å²) >= 11 is 6.56. The van der Waals surface area contributed by atoms with Gasteiger partial charge in [-0.05, 0) is 75.0 Å². The van der Waals surface area contributed by atoms with Crippen LogP contribution < -0.4 is 20.7 Å². The summed E-state index contributed by atoms with van der Waals surface area (Å²) in [5.74, 6) is -1.82. The van der Waals surface area contributed by atoms with Gasteiger partial charge in [0.15, 0.2) is 5.60 Å². The quantitative estimate of drug-likeness (QED) is 0.271. The third-order valence-corrected chi connectivity index (χ3v) is 10.3. The second-order valence-electron chi connectivity index (χ2n) is 15.2. The average molecular weight is 716 g/mol. The maximum absolute atomic E-state index is 14.5. The Morgan fingerprint density at radius 3 is 2.40 bits per heavy atom. The number of alkyl carbamates (subject to hydrolysis) is 1. The molecule has 2 aliphatic heterocycles. The molecule has 1 spiro atoms. The molecule has 1 aromatic carbocycles. The van der Waals surface area contributed by atoms with Gasteiger partial charge < -0.3 is 35.2 Å². The molecule has 4 amide bonds. The van der Waals surface area contributed by atoms with Crippen LogP contribution >= 0.6 is 11.6 Å². The molecule has 3 fully saturated rings. The molecule has 2 heterocycles. The molecule has 0 radical (unpaired) electrons. The maximum Gasteiger partial charge on any atom is 0.408 e. The van der Waals surface area contributed by atoms with E-state index in [4.69, 9.17) is 25.9 Å². The molecule has 5 rings (SSSR count). The highest BCUT2D eigenvalue weighted by atomic mass is 35.5. The number of amides is 4. The predicted octanol–water partition coefficient (Wildman–Crippen LogP) is 4.19. The number of carbonyl (C=O) groups excluding carboxylic acids is 5. The molecule has 50 heavy (non-hydrogen) atoms. The highest BCUT2D eigenvalue weighted by molar-refractivity contribution is 6.38. The third kappa shape index (κ3) is 8.52. The number of oxime groups is 1. The van der Waals surface area contributed by atoms with Gasteiger partial charge in [-0.3, -0.25) is 19.2 Å². The maximum atomic E-state index is 14.5. The number of nitrogens with zero attached hydrogens (tertiary/aromatic N) is 2. The van der Waals surface area contributed by atoms with Gasteiger partial charge in [0.25, 0.3) is 5.91 Å². The van der Waals surface area contributed by atoms with Gasteiger partial charge in [-0.1, -0.05) is 50.4 Å². The fourth-order valence-corrected chi connectivity index (χ4v) is 7.42. The van der Waals surface area contributed by atoms with Gasteiger partial charge in [0.2, 0.25) is 17.6 Å². The van der Waals surface area contributed by atoms with Gasteiger partial charge in [-0.2, -0.15) is 0 Å². The Balaban J connectivity index is 1.42. The Kier molecular flexibility index (Phi) is 11.3. The Hall–Kier alpha value is -3.87. The lowest BCUT2D eigenvalue weighted by Gasteiger charge is -2.35. The van der Waals surface area contributed by atoms with Crippen LogP contribution in [0.2, 0.25) is 5.02 Å². The SMILES string of the molecule is CCOc1c(C)cc(C2=NO[C@]3(C2)C[C@@H](C(=O)N[C@@H](CC2CC2)C(=O)C(=O)NC)N(C(=O)[C@@H](NC(=O)OC2CCCC2)C(C)(C)C)C3)cc1Cl. The lowest BCUT2D eigenvalue weighted by Crippen LogP contribution is -2.59. The molecule has 274 valence electrons. The van der Waals surface area contributed by atoms with Crippen LogP contribution in [0.1, 0.15) is 96.6 Å². The molecule has 3 N–H and O–H groups in total. The lowest BCUT2D eigenvalue weighted by molar-refractivity contribution is -0.144. The molecule has 0 bridgehead atoms. The number of Topliss-reactive ketones (excluding diaryl/α,β-unsaturated/α-hetero) is 1. The summed E-state index contributed by atoms with van der Waals surface area (Å²) < 4.78 is 11.3. The van der Waals surface area contributed by atoms with Crippen LogP contribution in [0.4, 0.5) is 4.79 Å². The van der Waals surface area contributed by atoms with Crippen LogP contribution in [0, 0.1) is 18.3 Å². The van der Waals surface area contributed by atoms with Crippen molar-refractivity contribution in [3.8, 4) is 5.75 Å². The van der Waals surface area contributed by atoms with E-state index in [0.29, 0.717) is 29.5 Å². The Labute approximate surface area is 298 Å². The monoisotopic (exact) mass is 715 g/mol. The fourth-order valence-electron chi connectivity index (χ4n) is 7.10. The number of hydrogen-bond acceptors (Lipinski definition) is 9. The largest absolute Gasteiger partial charge is 0.492 e. The van der Waals surface area contributed by atoms with Crippen LogP contribution in [0.5, 0.6) is 5.75 Å². The molecule has 1 aromatic rings. The van der Waals surface area contributed by atoms with E-state index in [9.17, 15) is 24.0 Å². The molecule has 0 aromatic heterocycles. The average Bonchev–Trinajstić information content (AvgIpc) is 3.41. The smallest absolute Gasteiger partial charge is 0.408 e. The summed E-state index contributed by atoms with van der Waals surface area (Å²) in [7, 11) is 1.36. The predicted molar refractivity (Wildman–Crippen MR) is 186 cm³/mol. The zero-order valence-corrected chi connectivity index (χ0v) is 30.6. The molecule has 13 nitrogen and oxygen atoms in total. The van der Waals surface area contributed by atoms with Crippen molar-refractivity contribution >= 4 is 46.9 Å². The van der Waals surface area contributed by atoms with E-state index >= 15 is 0 Å². The fraction of sp³-hybridized carbons (Fsp3) is 0.667. The van der Waals surface area contributed by atoms with Gasteiger partial charge >= 0.3 is 6.09 Å². The number of ketones is 1. The van der Waals surface area contributed by atoms with Gasteiger partial charge in [-0.25, -0.2) is 4.79 Å². The number of benzene rings is 1. The Morgan fingerprint density at radius 1 is 1.10 bits per heavy atom. The molecule has 2 saturated carbocycles. The van der Waals surface area contributed by atoms with Crippen molar-refractivity contribution in [1.29, 1.82) is 0 Å². The molecule has 0 unspecified atom stereocenters. The molecule has 2 aliphatic carbocycles. The molecule has 4 atom stereocenters. The molecule has 14 heteroatoms. The first-order chi connectivity index (χ1) is 23.6. The first-order valence-electron chi connectivity index (χ1n) is 17.7. The van der Waals surface area contributed by atoms with Crippen LogP contribution in [-0.2, 0) is 28.8 Å². The van der Waals surface area contributed by atoms with Gasteiger partial charge in [0.1, 0.15) is 23.9 Å². The number of carbonyl (C=O) groups is 5. The van der Waals surface area contributed by atoms with Crippen molar-refractivity contribution in [1.82, 2.24) is 20.9 Å². The minimum absolute atomic E-state index is 0.0106. The van der Waals surface area contributed by atoms with Gasteiger partial charge in [0.05, 0.1) is 29.9 Å². The topological polar surface area (TPSA) is 165 Å². The van der Waals surface area contributed by atoms with E-state index in [0.717, 1.165) is 49.7 Å². The van der Waals surface area contributed by atoms with Crippen molar-refractivity contribution in [2.24, 2.45) is 16.5 Å². The summed E-state index contributed by atoms with van der Waals surface area (Å²) in [6.07, 6.45) is 5.07. The molecule has 4 aliphatic rings. The molecular formula is C36H50ClN5O8. The van der Waals surface area contributed by atoms with E-state index in [1.54, 1.807) is 6.07 Å². The summed E-state index contributed by atoms with van der Waals surface area (Å²) in [6, 6.07) is 0.477. The molecule has 1 saturated heterocycles. The number of ether oxygens (including phenoxy) is 2. The Morgan fingerprint density at radius 2 is 1.80 bits per heavy atom. The first-order valence-corrected chi connectivity index (χ1v) is 18.0. The van der Waals surface area contributed by atoms with E-state index in [2.05, 4.69) is 21.1 Å². The van der Waals surface area contributed by atoms with E-state index in [1.807, 2.05) is 40.7 Å². The number of likely N-dealkylation sites (tertiary alicyclic amines) is 1. The third-order valence-electron chi connectivity index (χ3n) is 9.98. The zero-order chi connectivity index (χ0) is 36.4. The molecular weight excluding hydrogens is 666 g/mol. The van der Waals surface area contributed by atoms with E-state index in [1.165, 1.54) is 11.9 Å². The summed E-state index contributed by atoms with van der Waals surface area (Å²) in [6.45, 7) is 9.69. The second-order valence-corrected chi connectivity index (χ2v) is 15.6. The number of nitrogens with one attached hydrogen (secondary N) is 3. The van der Waals surface area contributed by atoms with Crippen LogP contribution in [0.25, 0.3) is 0 Å². The summed E-state index contributed by atoms with van der Waals surface area (Å²) in [4.78, 5) is 74.7. The zero-order valence-electron chi connectivity index (χ0n) is 29.9. The van der Waals surface area contributed by atoms with E-state index in [-0.39, 0.29) is 31.4 Å². The van der Waals surface area contributed by atoms with Crippen molar-refractivity contribution < 1.29 is 38.3 Å². The highest BCUT2D eigenvalue weighted by Crippen LogP contribution is 2.41. The minimum Gasteiger partial charge on any atom is -0.492 e. The van der Waals surface area contributed by atoms with Crippen molar-refractivity contribution in [2.75, 3.05) is 20.2 Å². The lowest BCUT2D eigenvalue weighted by atomic mass is 9.85. The Bertz CT molecular complexity index is 1510. The minimum atomic E-state index is -1.08. The summed E-state index contributed by atoms with van der Waals surface area (Å²) in [5.41, 5.74) is 0.308. The van der Waals surface area contributed by atoms with Crippen LogP contribution in [-0.4, -0.2) is 90.2 Å². The normalized spacial score (nSPS) is 23.1. The standard InChI is InChI=1S/C36H50ClN5O8/c1-7-48-29-20(2)14-22(16-24(29)37)26-17-36(50-41-26)18-27(31(44)39-25(15-21-12-13-21)28(43)32(45)38-6)42(19-36)33(46)30(35(3,4)5)40-34(47)49-23-10-8-9-11-23/h14,16,21,23,25,27,30H,7-13,15,17-19H2,1-6H3,(H,38,45)(H,39,44)(H,40,47)/t25-,27-,30+,36+/m0/s1. The second kappa shape index (κ2) is 15.2. The van der Waals surface area contributed by atoms with Crippen molar-refractivity contribution in [3.05, 3.63) is 28.3 Å². The van der Waals surface area contributed by atoms with Crippen molar-refractivity contribution in [2.45, 2.75) is 122 Å². The number of rotatable bonds is 12. The van der Waals surface area contributed by atoms with Crippen LogP contribution in [0.3, 0.4) is 0 Å². The van der Waals surface area contributed by atoms with Gasteiger partial charge in [-0.15, -0.1) is 0 Å². The highest BCUT2D eigenvalue weighted by Gasteiger charge is 2.56. The number of likely N-dealkylation sites (N-methyl/N-ethyl adjacent to an activating group) is 1. The van der Waals surface area contributed by atoms with Gasteiger partial charge in [0, 0.05) is 25.5 Å². The number of halogens is 1. The first kappa shape index (κ1) is 37.4.